The van der Waals surface area contributed by atoms with E-state index in [1.54, 1.807) is 29.2 Å². The summed E-state index contributed by atoms with van der Waals surface area (Å²) in [5.74, 6) is -1.31. The second kappa shape index (κ2) is 9.45. The molecular formula is C33H25FN4O3. The van der Waals surface area contributed by atoms with Gasteiger partial charge in [-0.2, -0.15) is 0 Å². The number of hydrogen-bond donors (Lipinski definition) is 2. The van der Waals surface area contributed by atoms with E-state index in [1.165, 1.54) is 24.3 Å². The zero-order valence-corrected chi connectivity index (χ0v) is 22.1. The third-order valence-electron chi connectivity index (χ3n) is 8.02. The number of rotatable bonds is 4. The topological polar surface area (TPSA) is 85.5 Å². The summed E-state index contributed by atoms with van der Waals surface area (Å²) in [5.41, 5.74) is 5.55. The second-order valence-corrected chi connectivity index (χ2v) is 10.4. The SMILES string of the molecule is Cc1ccccc1C1c2[nH]c3ccccc3c2CC2C(=O)N(c3ccccc3C(=O)Nc3ccc(F)cc3)C(=O)N21. The van der Waals surface area contributed by atoms with Crippen molar-refractivity contribution in [2.24, 2.45) is 0 Å². The molecule has 2 aliphatic rings. The number of aromatic amines is 1. The monoisotopic (exact) mass is 544 g/mol. The number of urea groups is 1. The Bertz CT molecular complexity index is 1860. The molecule has 7 nitrogen and oxygen atoms in total. The molecule has 0 spiro atoms. The summed E-state index contributed by atoms with van der Waals surface area (Å²) in [4.78, 5) is 48.1. The molecule has 2 aliphatic heterocycles. The number of aromatic nitrogens is 1. The van der Waals surface area contributed by atoms with Gasteiger partial charge < -0.3 is 10.3 Å². The van der Waals surface area contributed by atoms with Crippen LogP contribution in [0.3, 0.4) is 0 Å². The Morgan fingerprint density at radius 2 is 1.61 bits per heavy atom. The van der Waals surface area contributed by atoms with E-state index in [9.17, 15) is 18.8 Å². The highest BCUT2D eigenvalue weighted by Gasteiger charge is 2.53. The predicted octanol–water partition coefficient (Wildman–Crippen LogP) is 6.35. The van der Waals surface area contributed by atoms with Crippen LogP contribution in [0.4, 0.5) is 20.6 Å². The van der Waals surface area contributed by atoms with Crippen LogP contribution in [0.5, 0.6) is 0 Å². The van der Waals surface area contributed by atoms with Crippen LogP contribution in [0, 0.1) is 12.7 Å². The van der Waals surface area contributed by atoms with E-state index in [0.29, 0.717) is 12.1 Å². The summed E-state index contributed by atoms with van der Waals surface area (Å²) in [5, 5.41) is 3.77. The van der Waals surface area contributed by atoms with Crippen LogP contribution < -0.4 is 10.2 Å². The lowest BCUT2D eigenvalue weighted by Gasteiger charge is -2.36. The third-order valence-corrected chi connectivity index (χ3v) is 8.02. The molecule has 0 bridgehead atoms. The molecule has 2 unspecified atom stereocenters. The van der Waals surface area contributed by atoms with Crippen LogP contribution in [0.2, 0.25) is 0 Å². The van der Waals surface area contributed by atoms with Gasteiger partial charge in [-0.1, -0.05) is 54.6 Å². The number of hydrogen-bond acceptors (Lipinski definition) is 3. The van der Waals surface area contributed by atoms with Gasteiger partial charge in [-0.3, -0.25) is 14.5 Å². The number of imide groups is 1. The number of carbonyl (C=O) groups is 3. The average molecular weight is 545 g/mol. The maximum atomic E-state index is 14.3. The molecule has 202 valence electrons. The van der Waals surface area contributed by atoms with Crippen LogP contribution in [0.15, 0.2) is 97.1 Å². The van der Waals surface area contributed by atoms with E-state index in [1.807, 2.05) is 55.5 Å². The lowest BCUT2D eigenvalue weighted by molar-refractivity contribution is -0.120. The predicted molar refractivity (Wildman–Crippen MR) is 154 cm³/mol. The normalized spacial score (nSPS) is 18.0. The molecule has 4 aromatic carbocycles. The molecule has 41 heavy (non-hydrogen) atoms. The summed E-state index contributed by atoms with van der Waals surface area (Å²) in [6, 6.07) is 26.0. The van der Waals surface area contributed by atoms with Gasteiger partial charge in [-0.25, -0.2) is 14.1 Å². The molecule has 5 aromatic rings. The molecule has 0 aliphatic carbocycles. The fraction of sp³-hybridized carbons (Fsp3) is 0.121. The van der Waals surface area contributed by atoms with E-state index < -0.39 is 29.8 Å². The van der Waals surface area contributed by atoms with Gasteiger partial charge in [0.1, 0.15) is 17.9 Å². The molecule has 0 radical (unpaired) electrons. The largest absolute Gasteiger partial charge is 0.356 e. The van der Waals surface area contributed by atoms with Crippen molar-refractivity contribution in [2.45, 2.75) is 25.4 Å². The summed E-state index contributed by atoms with van der Waals surface area (Å²) in [6.07, 6.45) is 0.354. The summed E-state index contributed by atoms with van der Waals surface area (Å²) in [6.45, 7) is 2.00. The van der Waals surface area contributed by atoms with Crippen molar-refractivity contribution in [2.75, 3.05) is 10.2 Å². The van der Waals surface area contributed by atoms with Gasteiger partial charge in [0.2, 0.25) is 0 Å². The fourth-order valence-corrected chi connectivity index (χ4v) is 6.11. The quantitative estimate of drug-likeness (QED) is 0.259. The van der Waals surface area contributed by atoms with Gasteiger partial charge >= 0.3 is 6.03 Å². The standard InChI is InChI=1S/C33H25FN4O3/c1-19-8-2-3-9-22(19)30-29-25(23-10-4-6-12-26(23)36-29)18-28-32(40)38(33(41)37(28)30)27-13-7-5-11-24(27)31(39)35-21-16-14-20(34)15-17-21/h2-17,28,30,36H,18H2,1H3,(H,35,39). The third kappa shape index (κ3) is 3.90. The zero-order valence-electron chi connectivity index (χ0n) is 22.1. The molecule has 0 saturated carbocycles. The van der Waals surface area contributed by atoms with Gasteiger partial charge in [0.05, 0.1) is 11.3 Å². The molecule has 2 N–H and O–H groups in total. The van der Waals surface area contributed by atoms with Gasteiger partial charge in [0.15, 0.2) is 0 Å². The first-order valence-corrected chi connectivity index (χ1v) is 13.4. The number of nitrogens with zero attached hydrogens (tertiary/aromatic N) is 2. The van der Waals surface area contributed by atoms with Crippen LogP contribution >= 0.6 is 0 Å². The number of anilines is 2. The Balaban J connectivity index is 1.33. The summed E-state index contributed by atoms with van der Waals surface area (Å²) < 4.78 is 13.4. The molecule has 8 heteroatoms. The minimum absolute atomic E-state index is 0.162. The van der Waals surface area contributed by atoms with E-state index in [4.69, 9.17) is 0 Å². The second-order valence-electron chi connectivity index (χ2n) is 10.4. The van der Waals surface area contributed by atoms with E-state index in [2.05, 4.69) is 10.3 Å². The first-order valence-electron chi connectivity index (χ1n) is 13.4. The van der Waals surface area contributed by atoms with Gasteiger partial charge in [0, 0.05) is 28.7 Å². The Morgan fingerprint density at radius 1 is 0.902 bits per heavy atom. The van der Waals surface area contributed by atoms with Crippen LogP contribution in [-0.4, -0.2) is 33.8 Å². The number of carbonyl (C=O) groups excluding carboxylic acids is 3. The smallest absolute Gasteiger partial charge is 0.332 e. The first kappa shape index (κ1) is 24.8. The summed E-state index contributed by atoms with van der Waals surface area (Å²) >= 11 is 0. The zero-order chi connectivity index (χ0) is 28.2. The molecule has 3 heterocycles. The maximum Gasteiger partial charge on any atom is 0.332 e. The number of H-pyrrole nitrogens is 1. The number of amides is 4. The first-order chi connectivity index (χ1) is 19.9. The van der Waals surface area contributed by atoms with Crippen molar-refractivity contribution < 1.29 is 18.8 Å². The number of benzene rings is 4. The Morgan fingerprint density at radius 3 is 2.41 bits per heavy atom. The Labute approximate surface area is 235 Å². The van der Waals surface area contributed by atoms with Gasteiger partial charge in [-0.15, -0.1) is 0 Å². The van der Waals surface area contributed by atoms with Crippen molar-refractivity contribution in [1.82, 2.24) is 9.88 Å². The average Bonchev–Trinajstić information content (AvgIpc) is 3.48. The van der Waals surface area contributed by atoms with Crippen molar-refractivity contribution in [3.05, 3.63) is 131 Å². The molecular weight excluding hydrogens is 519 g/mol. The highest BCUT2D eigenvalue weighted by atomic mass is 19.1. The Hall–Kier alpha value is -5.24. The van der Waals surface area contributed by atoms with Crippen LogP contribution in [0.25, 0.3) is 10.9 Å². The van der Waals surface area contributed by atoms with Crippen LogP contribution in [0.1, 0.15) is 38.8 Å². The molecule has 1 aromatic heterocycles. The van der Waals surface area contributed by atoms with E-state index >= 15 is 0 Å². The lowest BCUT2D eigenvalue weighted by atomic mass is 9.87. The van der Waals surface area contributed by atoms with Gasteiger partial charge in [0.25, 0.3) is 11.8 Å². The fourth-order valence-electron chi connectivity index (χ4n) is 6.11. The van der Waals surface area contributed by atoms with Crippen LogP contribution in [-0.2, 0) is 11.2 Å². The minimum Gasteiger partial charge on any atom is -0.356 e. The number of halogens is 1. The maximum absolute atomic E-state index is 14.3. The van der Waals surface area contributed by atoms with Gasteiger partial charge in [-0.05, 0) is 66.1 Å². The number of para-hydroxylation sites is 2. The lowest BCUT2D eigenvalue weighted by Crippen LogP contribution is -2.44. The van der Waals surface area contributed by atoms with E-state index in [-0.39, 0.29) is 17.2 Å². The molecule has 1 saturated heterocycles. The van der Waals surface area contributed by atoms with E-state index in [0.717, 1.165) is 38.2 Å². The number of nitrogens with one attached hydrogen (secondary N) is 2. The molecule has 7 rings (SSSR count). The Kier molecular flexibility index (Phi) is 5.71. The molecule has 4 amide bonds. The minimum atomic E-state index is -0.743. The van der Waals surface area contributed by atoms with Crippen molar-refractivity contribution >= 4 is 40.1 Å². The van der Waals surface area contributed by atoms with Crippen molar-refractivity contribution in [3.8, 4) is 0 Å². The highest BCUT2D eigenvalue weighted by molar-refractivity contribution is 6.24. The number of fused-ring (bicyclic) bond motifs is 4. The highest BCUT2D eigenvalue weighted by Crippen LogP contribution is 2.45. The molecule has 2 atom stereocenters. The van der Waals surface area contributed by atoms with Crippen molar-refractivity contribution in [1.29, 1.82) is 0 Å². The summed E-state index contributed by atoms with van der Waals surface area (Å²) in [7, 11) is 0. The number of aryl methyl sites for hydroxylation is 1. The molecule has 1 fully saturated rings. The van der Waals surface area contributed by atoms with Crippen molar-refractivity contribution in [3.63, 3.8) is 0 Å².